The first-order chi connectivity index (χ1) is 12.4. The molecule has 8 nitrogen and oxygen atoms in total. The molecule has 1 fully saturated rings. The van der Waals surface area contributed by atoms with E-state index in [-0.39, 0.29) is 29.9 Å². The minimum Gasteiger partial charge on any atom is -0.493 e. The van der Waals surface area contributed by atoms with E-state index in [0.29, 0.717) is 23.7 Å². The number of amides is 1. The summed E-state index contributed by atoms with van der Waals surface area (Å²) in [6.07, 6.45) is 2.29. The molecule has 3 rings (SSSR count). The largest absolute Gasteiger partial charge is 0.493 e. The Morgan fingerprint density at radius 3 is 2.54 bits per heavy atom. The van der Waals surface area contributed by atoms with Crippen LogP contribution in [0, 0.1) is 0 Å². The topological polar surface area (TPSA) is 107 Å². The van der Waals surface area contributed by atoms with Crippen molar-refractivity contribution in [3.63, 3.8) is 0 Å². The molecule has 1 saturated heterocycles. The zero-order chi connectivity index (χ0) is 18.9. The predicted octanol–water partition coefficient (Wildman–Crippen LogP) is 1.04. The number of aromatic nitrogens is 1. The fraction of sp³-hybridized carbons (Fsp3) is 0.471. The monoisotopic (exact) mass is 382 g/mol. The van der Waals surface area contributed by atoms with Gasteiger partial charge in [-0.2, -0.15) is 0 Å². The van der Waals surface area contributed by atoms with Crippen LogP contribution in [0.1, 0.15) is 12.0 Å². The van der Waals surface area contributed by atoms with E-state index in [1.807, 2.05) is 0 Å². The smallest absolute Gasteiger partial charge is 0.224 e. The molecule has 1 aromatic carbocycles. The van der Waals surface area contributed by atoms with Gasteiger partial charge in [-0.3, -0.25) is 4.79 Å². The number of aromatic amines is 1. The summed E-state index contributed by atoms with van der Waals surface area (Å²) in [5, 5.41) is 3.53. The maximum Gasteiger partial charge on any atom is 0.224 e. The first-order valence-electron chi connectivity index (χ1n) is 8.17. The number of ether oxygens (including phenoxy) is 3. The zero-order valence-electron chi connectivity index (χ0n) is 14.9. The van der Waals surface area contributed by atoms with Crippen LogP contribution in [-0.2, 0) is 21.1 Å². The SMILES string of the molecule is COc1cc2[nH]cc(CC(=O)NC3CCS(=O)(=O)C3)c2c(OC)c1OC. The van der Waals surface area contributed by atoms with E-state index < -0.39 is 9.84 Å². The number of hydrogen-bond donors (Lipinski definition) is 2. The number of fused-ring (bicyclic) bond motifs is 1. The zero-order valence-corrected chi connectivity index (χ0v) is 15.7. The highest BCUT2D eigenvalue weighted by molar-refractivity contribution is 7.91. The van der Waals surface area contributed by atoms with Gasteiger partial charge in [-0.1, -0.05) is 0 Å². The van der Waals surface area contributed by atoms with E-state index >= 15 is 0 Å². The predicted molar refractivity (Wildman–Crippen MR) is 96.9 cm³/mol. The van der Waals surface area contributed by atoms with E-state index in [4.69, 9.17) is 14.2 Å². The van der Waals surface area contributed by atoms with Crippen LogP contribution < -0.4 is 19.5 Å². The third kappa shape index (κ3) is 3.44. The van der Waals surface area contributed by atoms with Crippen LogP contribution in [0.25, 0.3) is 10.9 Å². The van der Waals surface area contributed by atoms with Crippen molar-refractivity contribution in [1.82, 2.24) is 10.3 Å². The molecule has 0 radical (unpaired) electrons. The third-order valence-electron chi connectivity index (χ3n) is 4.50. The minimum absolute atomic E-state index is 0.000960. The van der Waals surface area contributed by atoms with Gasteiger partial charge in [0.2, 0.25) is 11.7 Å². The molecule has 0 saturated carbocycles. The lowest BCUT2D eigenvalue weighted by atomic mass is 10.1. The Hall–Kier alpha value is -2.42. The van der Waals surface area contributed by atoms with Crippen molar-refractivity contribution in [1.29, 1.82) is 0 Å². The van der Waals surface area contributed by atoms with Crippen molar-refractivity contribution in [3.05, 3.63) is 17.8 Å². The molecule has 1 aromatic heterocycles. The molecule has 0 spiro atoms. The van der Waals surface area contributed by atoms with Gasteiger partial charge in [0.05, 0.1) is 44.8 Å². The van der Waals surface area contributed by atoms with Crippen LogP contribution >= 0.6 is 0 Å². The third-order valence-corrected chi connectivity index (χ3v) is 6.27. The van der Waals surface area contributed by atoms with Crippen LogP contribution in [0.2, 0.25) is 0 Å². The van der Waals surface area contributed by atoms with Gasteiger partial charge in [0.15, 0.2) is 21.3 Å². The molecule has 1 unspecified atom stereocenters. The second-order valence-corrected chi connectivity index (χ2v) is 8.45. The van der Waals surface area contributed by atoms with E-state index in [1.165, 1.54) is 21.3 Å². The molecule has 2 heterocycles. The Labute approximate surface area is 151 Å². The van der Waals surface area contributed by atoms with Crippen LogP contribution in [0.15, 0.2) is 12.3 Å². The van der Waals surface area contributed by atoms with Crippen molar-refractivity contribution in [2.75, 3.05) is 32.8 Å². The van der Waals surface area contributed by atoms with Gasteiger partial charge in [0.25, 0.3) is 0 Å². The van der Waals surface area contributed by atoms with Crippen LogP contribution in [0.5, 0.6) is 17.2 Å². The molecule has 1 atom stereocenters. The lowest BCUT2D eigenvalue weighted by molar-refractivity contribution is -0.120. The van der Waals surface area contributed by atoms with E-state index in [0.717, 1.165) is 16.5 Å². The number of methoxy groups -OCH3 is 3. The minimum atomic E-state index is -3.04. The molecule has 0 bridgehead atoms. The van der Waals surface area contributed by atoms with Crippen molar-refractivity contribution >= 4 is 26.6 Å². The average molecular weight is 382 g/mol. The van der Waals surface area contributed by atoms with Gasteiger partial charge in [-0.25, -0.2) is 8.42 Å². The molecular weight excluding hydrogens is 360 g/mol. The Bertz CT molecular complexity index is 934. The summed E-state index contributed by atoms with van der Waals surface area (Å²) < 4.78 is 39.3. The average Bonchev–Trinajstić information content (AvgIpc) is 3.15. The van der Waals surface area contributed by atoms with Gasteiger partial charge in [0.1, 0.15) is 0 Å². The lowest BCUT2D eigenvalue weighted by Gasteiger charge is -2.14. The number of hydrogen-bond acceptors (Lipinski definition) is 6. The molecule has 1 aliphatic rings. The van der Waals surface area contributed by atoms with Crippen LogP contribution in [0.4, 0.5) is 0 Å². The molecule has 2 aromatic rings. The molecule has 142 valence electrons. The highest BCUT2D eigenvalue weighted by Gasteiger charge is 2.29. The van der Waals surface area contributed by atoms with Crippen molar-refractivity contribution in [2.24, 2.45) is 0 Å². The fourth-order valence-corrected chi connectivity index (χ4v) is 5.00. The molecule has 1 aliphatic heterocycles. The Morgan fingerprint density at radius 1 is 1.23 bits per heavy atom. The van der Waals surface area contributed by atoms with Crippen molar-refractivity contribution in [2.45, 2.75) is 18.9 Å². The second kappa shape index (κ2) is 7.06. The maximum absolute atomic E-state index is 12.4. The van der Waals surface area contributed by atoms with E-state index in [2.05, 4.69) is 10.3 Å². The molecule has 1 amide bonds. The normalized spacial score (nSPS) is 18.7. The first kappa shape index (κ1) is 18.4. The number of benzene rings is 1. The molecule has 9 heteroatoms. The van der Waals surface area contributed by atoms with E-state index in [9.17, 15) is 13.2 Å². The van der Waals surface area contributed by atoms with Crippen molar-refractivity contribution < 1.29 is 27.4 Å². The molecular formula is C17H22N2O6S. The van der Waals surface area contributed by atoms with Gasteiger partial charge >= 0.3 is 0 Å². The summed E-state index contributed by atoms with van der Waals surface area (Å²) in [5.41, 5.74) is 1.49. The molecule has 26 heavy (non-hydrogen) atoms. The van der Waals surface area contributed by atoms with Gasteiger partial charge in [0, 0.05) is 23.7 Å². The summed E-state index contributed by atoms with van der Waals surface area (Å²) in [6.45, 7) is 0. The molecule has 2 N–H and O–H groups in total. The number of nitrogens with one attached hydrogen (secondary N) is 2. The number of rotatable bonds is 6. The van der Waals surface area contributed by atoms with Gasteiger partial charge < -0.3 is 24.5 Å². The van der Waals surface area contributed by atoms with Crippen molar-refractivity contribution in [3.8, 4) is 17.2 Å². The van der Waals surface area contributed by atoms with Crippen LogP contribution in [0.3, 0.4) is 0 Å². The van der Waals surface area contributed by atoms with E-state index in [1.54, 1.807) is 12.3 Å². The second-order valence-electron chi connectivity index (χ2n) is 6.23. The summed E-state index contributed by atoms with van der Waals surface area (Å²) >= 11 is 0. The Balaban J connectivity index is 1.87. The number of H-pyrrole nitrogens is 1. The fourth-order valence-electron chi connectivity index (χ4n) is 3.33. The number of carbonyl (C=O) groups excluding carboxylic acids is 1. The number of carbonyl (C=O) groups is 1. The molecule has 0 aliphatic carbocycles. The maximum atomic E-state index is 12.4. The quantitative estimate of drug-likeness (QED) is 0.773. The highest BCUT2D eigenvalue weighted by Crippen LogP contribution is 2.44. The van der Waals surface area contributed by atoms with Gasteiger partial charge in [-0.15, -0.1) is 0 Å². The number of sulfone groups is 1. The Morgan fingerprint density at radius 2 is 1.96 bits per heavy atom. The summed E-state index contributed by atoms with van der Waals surface area (Å²) in [6, 6.07) is 1.45. The highest BCUT2D eigenvalue weighted by atomic mass is 32.2. The summed E-state index contributed by atoms with van der Waals surface area (Å²) in [7, 11) is 1.55. The van der Waals surface area contributed by atoms with Gasteiger partial charge in [-0.05, 0) is 12.0 Å². The summed E-state index contributed by atoms with van der Waals surface area (Å²) in [4.78, 5) is 15.5. The Kier molecular flexibility index (Phi) is 4.99. The van der Waals surface area contributed by atoms with Crippen LogP contribution in [-0.4, -0.2) is 58.2 Å². The lowest BCUT2D eigenvalue weighted by Crippen LogP contribution is -2.36. The standard InChI is InChI=1S/C17H22N2O6S/c1-23-13-7-12-15(17(25-3)16(13)24-2)10(8-18-12)6-14(20)19-11-4-5-26(21,22)9-11/h7-8,11,18H,4-6,9H2,1-3H3,(H,19,20). The first-order valence-corrected chi connectivity index (χ1v) is 9.99. The summed E-state index contributed by atoms with van der Waals surface area (Å²) in [5.74, 6) is 1.34.